The molecule has 2 N–H and O–H groups in total. The zero-order valence-corrected chi connectivity index (χ0v) is 7.86. The number of nitrogens with two attached hydrogens (primary N) is 1. The van der Waals surface area contributed by atoms with Crippen LogP contribution in [0.1, 0.15) is 11.1 Å². The van der Waals surface area contributed by atoms with E-state index in [1.165, 1.54) is 7.11 Å². The van der Waals surface area contributed by atoms with Crippen molar-refractivity contribution < 1.29 is 22.3 Å². The van der Waals surface area contributed by atoms with Gasteiger partial charge in [0.15, 0.2) is 0 Å². The molecule has 84 valence electrons. The van der Waals surface area contributed by atoms with E-state index in [0.717, 1.165) is 6.07 Å². The molecular formula is C9H9F4NO. The fourth-order valence-electron chi connectivity index (χ4n) is 1.20. The normalized spacial score (nSPS) is 11.6. The third-order valence-electron chi connectivity index (χ3n) is 1.93. The van der Waals surface area contributed by atoms with Crippen LogP contribution in [0, 0.1) is 5.82 Å². The van der Waals surface area contributed by atoms with Crippen molar-refractivity contribution in [2.75, 3.05) is 7.11 Å². The van der Waals surface area contributed by atoms with E-state index in [9.17, 15) is 17.6 Å². The Hall–Kier alpha value is -1.30. The van der Waals surface area contributed by atoms with Crippen LogP contribution in [-0.4, -0.2) is 7.11 Å². The Morgan fingerprint density at radius 3 is 2.33 bits per heavy atom. The molecule has 1 aromatic carbocycles. The lowest BCUT2D eigenvalue weighted by Crippen LogP contribution is -2.12. The number of hydrogen-bond acceptors (Lipinski definition) is 2. The molecule has 0 heterocycles. The molecule has 1 rings (SSSR count). The Balaban J connectivity index is 3.36. The second kappa shape index (κ2) is 4.06. The molecule has 0 aliphatic rings. The molecular weight excluding hydrogens is 214 g/mol. The maximum atomic E-state index is 13.3. The van der Waals surface area contributed by atoms with Gasteiger partial charge in [0.25, 0.3) is 0 Å². The maximum Gasteiger partial charge on any atom is 0.419 e. The second-order valence-electron chi connectivity index (χ2n) is 2.81. The topological polar surface area (TPSA) is 35.2 Å². The first-order chi connectivity index (χ1) is 6.91. The average molecular weight is 223 g/mol. The molecule has 0 fully saturated rings. The van der Waals surface area contributed by atoms with Crippen LogP contribution in [-0.2, 0) is 12.7 Å². The SMILES string of the molecule is COc1ccc(C(F)(F)F)c(F)c1CN. The summed E-state index contributed by atoms with van der Waals surface area (Å²) in [5.41, 5.74) is 3.55. The van der Waals surface area contributed by atoms with E-state index in [-0.39, 0.29) is 17.9 Å². The average Bonchev–Trinajstić information content (AvgIpc) is 2.15. The van der Waals surface area contributed by atoms with Crippen molar-refractivity contribution in [1.29, 1.82) is 0 Å². The molecule has 0 spiro atoms. The molecule has 0 saturated carbocycles. The van der Waals surface area contributed by atoms with Gasteiger partial charge in [-0.15, -0.1) is 0 Å². The van der Waals surface area contributed by atoms with Crippen LogP contribution in [0.3, 0.4) is 0 Å². The van der Waals surface area contributed by atoms with Crippen molar-refractivity contribution in [2.45, 2.75) is 12.7 Å². The number of halogens is 4. The van der Waals surface area contributed by atoms with Gasteiger partial charge in [-0.05, 0) is 12.1 Å². The van der Waals surface area contributed by atoms with Crippen molar-refractivity contribution in [3.8, 4) is 5.75 Å². The molecule has 0 aromatic heterocycles. The molecule has 0 aliphatic carbocycles. The molecule has 0 atom stereocenters. The lowest BCUT2D eigenvalue weighted by molar-refractivity contribution is -0.140. The van der Waals surface area contributed by atoms with Gasteiger partial charge in [0.1, 0.15) is 11.6 Å². The van der Waals surface area contributed by atoms with Crippen LogP contribution >= 0.6 is 0 Å². The zero-order chi connectivity index (χ0) is 11.6. The fraction of sp³-hybridized carbons (Fsp3) is 0.333. The molecule has 0 aliphatic heterocycles. The summed E-state index contributed by atoms with van der Waals surface area (Å²) in [4.78, 5) is 0. The van der Waals surface area contributed by atoms with E-state index in [1.54, 1.807) is 0 Å². The van der Waals surface area contributed by atoms with Gasteiger partial charge in [-0.3, -0.25) is 0 Å². The molecule has 15 heavy (non-hydrogen) atoms. The highest BCUT2D eigenvalue weighted by Crippen LogP contribution is 2.35. The number of ether oxygens (including phenoxy) is 1. The minimum absolute atomic E-state index is 0.0167. The summed E-state index contributed by atoms with van der Waals surface area (Å²) in [5, 5.41) is 0. The third kappa shape index (κ3) is 2.20. The van der Waals surface area contributed by atoms with E-state index in [0.29, 0.717) is 6.07 Å². The zero-order valence-electron chi connectivity index (χ0n) is 7.86. The van der Waals surface area contributed by atoms with Gasteiger partial charge in [0.05, 0.1) is 12.7 Å². The van der Waals surface area contributed by atoms with Gasteiger partial charge >= 0.3 is 6.18 Å². The van der Waals surface area contributed by atoms with E-state index in [2.05, 4.69) is 0 Å². The summed E-state index contributed by atoms with van der Waals surface area (Å²) in [7, 11) is 1.24. The number of benzene rings is 1. The molecule has 0 unspecified atom stereocenters. The number of rotatable bonds is 2. The Kier molecular flexibility index (Phi) is 3.18. The van der Waals surface area contributed by atoms with Gasteiger partial charge < -0.3 is 10.5 Å². The Morgan fingerprint density at radius 1 is 1.33 bits per heavy atom. The van der Waals surface area contributed by atoms with Crippen molar-refractivity contribution in [1.82, 2.24) is 0 Å². The van der Waals surface area contributed by atoms with Gasteiger partial charge in [-0.1, -0.05) is 0 Å². The summed E-state index contributed by atoms with van der Waals surface area (Å²) < 4.78 is 54.9. The Labute approximate surface area is 83.6 Å². The lowest BCUT2D eigenvalue weighted by atomic mass is 10.1. The second-order valence-corrected chi connectivity index (χ2v) is 2.81. The molecule has 0 saturated heterocycles. The molecule has 1 aromatic rings. The van der Waals surface area contributed by atoms with Crippen LogP contribution in [0.25, 0.3) is 0 Å². The smallest absolute Gasteiger partial charge is 0.419 e. The van der Waals surface area contributed by atoms with Crippen LogP contribution in [0.4, 0.5) is 17.6 Å². The van der Waals surface area contributed by atoms with E-state index < -0.39 is 17.6 Å². The van der Waals surface area contributed by atoms with Crippen molar-refractivity contribution >= 4 is 0 Å². The van der Waals surface area contributed by atoms with Crippen molar-refractivity contribution in [2.24, 2.45) is 5.73 Å². The first-order valence-electron chi connectivity index (χ1n) is 4.04. The fourth-order valence-corrected chi connectivity index (χ4v) is 1.20. The molecule has 0 amide bonds. The van der Waals surface area contributed by atoms with Crippen molar-refractivity contribution in [3.05, 3.63) is 29.1 Å². The number of hydrogen-bond donors (Lipinski definition) is 1. The van der Waals surface area contributed by atoms with Crippen LogP contribution in [0.5, 0.6) is 5.75 Å². The first kappa shape index (κ1) is 11.8. The standard InChI is InChI=1S/C9H9F4NO/c1-15-7-3-2-6(9(11,12)13)8(10)5(7)4-14/h2-3H,4,14H2,1H3. The van der Waals surface area contributed by atoms with Crippen LogP contribution in [0.2, 0.25) is 0 Å². The van der Waals surface area contributed by atoms with E-state index in [1.807, 2.05) is 0 Å². The minimum atomic E-state index is -4.72. The van der Waals surface area contributed by atoms with Gasteiger partial charge in [-0.25, -0.2) is 4.39 Å². The van der Waals surface area contributed by atoms with Crippen molar-refractivity contribution in [3.63, 3.8) is 0 Å². The summed E-state index contributed by atoms with van der Waals surface area (Å²) in [5.74, 6) is -1.35. The Bertz CT molecular complexity index is 362. The van der Waals surface area contributed by atoms with Gasteiger partial charge in [-0.2, -0.15) is 13.2 Å². The molecule has 0 radical (unpaired) electrons. The highest BCUT2D eigenvalue weighted by atomic mass is 19.4. The highest BCUT2D eigenvalue weighted by Gasteiger charge is 2.35. The van der Waals surface area contributed by atoms with Crippen LogP contribution < -0.4 is 10.5 Å². The van der Waals surface area contributed by atoms with E-state index in [4.69, 9.17) is 10.5 Å². The molecule has 0 bridgehead atoms. The lowest BCUT2D eigenvalue weighted by Gasteiger charge is -2.13. The number of methoxy groups -OCH3 is 1. The summed E-state index contributed by atoms with van der Waals surface area (Å²) in [6.45, 7) is -0.348. The predicted octanol–water partition coefficient (Wildman–Crippen LogP) is 2.31. The summed E-state index contributed by atoms with van der Waals surface area (Å²) in [6, 6.07) is 1.68. The largest absolute Gasteiger partial charge is 0.496 e. The number of alkyl halides is 3. The third-order valence-corrected chi connectivity index (χ3v) is 1.93. The minimum Gasteiger partial charge on any atom is -0.496 e. The monoisotopic (exact) mass is 223 g/mol. The molecule has 2 nitrogen and oxygen atoms in total. The van der Waals surface area contributed by atoms with E-state index >= 15 is 0 Å². The quantitative estimate of drug-likeness (QED) is 0.781. The summed E-state index contributed by atoms with van der Waals surface area (Å²) in [6.07, 6.45) is -4.72. The Morgan fingerprint density at radius 2 is 1.93 bits per heavy atom. The van der Waals surface area contributed by atoms with Gasteiger partial charge in [0, 0.05) is 12.1 Å². The first-order valence-corrected chi connectivity index (χ1v) is 4.04. The summed E-state index contributed by atoms with van der Waals surface area (Å²) >= 11 is 0. The maximum absolute atomic E-state index is 13.3. The van der Waals surface area contributed by atoms with Gasteiger partial charge in [0.2, 0.25) is 0 Å². The predicted molar refractivity (Wildman–Crippen MR) is 45.8 cm³/mol. The molecule has 6 heteroatoms. The highest BCUT2D eigenvalue weighted by molar-refractivity contribution is 5.39. The van der Waals surface area contributed by atoms with Crippen LogP contribution in [0.15, 0.2) is 12.1 Å².